The van der Waals surface area contributed by atoms with Gasteiger partial charge in [0.1, 0.15) is 0 Å². The SMILES string of the molecule is C[C@H]1CCCC[C@]1(N)C(N)=O. The van der Waals surface area contributed by atoms with Crippen LogP contribution in [0.15, 0.2) is 0 Å². The van der Waals surface area contributed by atoms with Crippen LogP contribution in [0, 0.1) is 5.92 Å². The molecule has 0 aromatic heterocycles. The highest BCUT2D eigenvalue weighted by Crippen LogP contribution is 2.30. The van der Waals surface area contributed by atoms with Gasteiger partial charge < -0.3 is 11.5 Å². The van der Waals surface area contributed by atoms with E-state index in [1.807, 2.05) is 6.92 Å². The number of rotatable bonds is 1. The average molecular weight is 156 g/mol. The summed E-state index contributed by atoms with van der Waals surface area (Å²) in [5.74, 6) is -0.0987. The Balaban J connectivity index is 2.72. The maximum atomic E-state index is 11.0. The summed E-state index contributed by atoms with van der Waals surface area (Å²) >= 11 is 0. The molecule has 1 fully saturated rings. The van der Waals surface area contributed by atoms with Crippen molar-refractivity contribution in [3.63, 3.8) is 0 Å². The zero-order valence-electron chi connectivity index (χ0n) is 6.97. The molecular weight excluding hydrogens is 140 g/mol. The van der Waals surface area contributed by atoms with E-state index in [4.69, 9.17) is 11.5 Å². The van der Waals surface area contributed by atoms with E-state index in [0.717, 1.165) is 19.3 Å². The van der Waals surface area contributed by atoms with Crippen molar-refractivity contribution in [3.05, 3.63) is 0 Å². The minimum atomic E-state index is -0.724. The third-order valence-electron chi connectivity index (χ3n) is 2.82. The molecule has 4 N–H and O–H groups in total. The molecule has 0 heterocycles. The van der Waals surface area contributed by atoms with E-state index in [9.17, 15) is 4.79 Å². The Kier molecular flexibility index (Phi) is 2.18. The Morgan fingerprint density at radius 3 is 2.55 bits per heavy atom. The summed E-state index contributed by atoms with van der Waals surface area (Å²) in [5.41, 5.74) is 10.4. The summed E-state index contributed by atoms with van der Waals surface area (Å²) in [4.78, 5) is 11.0. The van der Waals surface area contributed by atoms with E-state index in [2.05, 4.69) is 0 Å². The lowest BCUT2D eigenvalue weighted by molar-refractivity contribution is -0.126. The van der Waals surface area contributed by atoms with Crippen molar-refractivity contribution < 1.29 is 4.79 Å². The van der Waals surface area contributed by atoms with Gasteiger partial charge in [-0.2, -0.15) is 0 Å². The van der Waals surface area contributed by atoms with Gasteiger partial charge in [0.2, 0.25) is 5.91 Å². The number of amides is 1. The molecule has 1 aliphatic carbocycles. The first kappa shape index (κ1) is 8.53. The fourth-order valence-corrected chi connectivity index (χ4v) is 1.74. The highest BCUT2D eigenvalue weighted by atomic mass is 16.1. The molecule has 64 valence electrons. The van der Waals surface area contributed by atoms with Gasteiger partial charge in [0.25, 0.3) is 0 Å². The molecule has 0 radical (unpaired) electrons. The van der Waals surface area contributed by atoms with Gasteiger partial charge in [0.15, 0.2) is 0 Å². The fraction of sp³-hybridized carbons (Fsp3) is 0.875. The number of hydrogen-bond acceptors (Lipinski definition) is 2. The maximum Gasteiger partial charge on any atom is 0.237 e. The zero-order valence-corrected chi connectivity index (χ0v) is 6.97. The number of carbonyl (C=O) groups is 1. The van der Waals surface area contributed by atoms with Crippen LogP contribution in [-0.4, -0.2) is 11.4 Å². The van der Waals surface area contributed by atoms with E-state index in [-0.39, 0.29) is 11.8 Å². The second-order valence-corrected chi connectivity index (χ2v) is 3.55. The van der Waals surface area contributed by atoms with Gasteiger partial charge >= 0.3 is 0 Å². The number of nitrogens with two attached hydrogens (primary N) is 2. The molecule has 1 rings (SSSR count). The number of carbonyl (C=O) groups excluding carboxylic acids is 1. The Hall–Kier alpha value is -0.570. The predicted molar refractivity (Wildman–Crippen MR) is 43.7 cm³/mol. The number of primary amides is 1. The van der Waals surface area contributed by atoms with Crippen molar-refractivity contribution in [3.8, 4) is 0 Å². The standard InChI is InChI=1S/C8H16N2O/c1-6-4-2-3-5-8(6,10)7(9)11/h6H,2-5,10H2,1H3,(H2,9,11)/t6-,8+/m0/s1. The molecule has 0 spiro atoms. The summed E-state index contributed by atoms with van der Waals surface area (Å²) in [6.07, 6.45) is 3.99. The fourth-order valence-electron chi connectivity index (χ4n) is 1.74. The monoisotopic (exact) mass is 156 g/mol. The van der Waals surface area contributed by atoms with Crippen molar-refractivity contribution >= 4 is 5.91 Å². The van der Waals surface area contributed by atoms with Crippen LogP contribution in [0.4, 0.5) is 0 Å². The van der Waals surface area contributed by atoms with Crippen molar-refractivity contribution in [1.82, 2.24) is 0 Å². The molecule has 0 aromatic rings. The summed E-state index contributed by atoms with van der Waals surface area (Å²) in [6.45, 7) is 2.00. The topological polar surface area (TPSA) is 69.1 Å². The lowest BCUT2D eigenvalue weighted by atomic mass is 9.74. The second kappa shape index (κ2) is 2.81. The average Bonchev–Trinajstić information content (AvgIpc) is 1.95. The van der Waals surface area contributed by atoms with Gasteiger partial charge in [-0.1, -0.05) is 19.8 Å². The first-order valence-electron chi connectivity index (χ1n) is 4.16. The Morgan fingerprint density at radius 1 is 1.55 bits per heavy atom. The Labute approximate surface area is 67.1 Å². The molecule has 0 aromatic carbocycles. The molecule has 1 saturated carbocycles. The predicted octanol–water partition coefficient (Wildman–Crippen LogP) is 0.379. The zero-order chi connectivity index (χ0) is 8.48. The normalized spacial score (nSPS) is 38.5. The first-order chi connectivity index (χ1) is 5.07. The molecule has 0 saturated heterocycles. The molecule has 0 aliphatic heterocycles. The largest absolute Gasteiger partial charge is 0.368 e. The second-order valence-electron chi connectivity index (χ2n) is 3.55. The van der Waals surface area contributed by atoms with Crippen LogP contribution in [0.25, 0.3) is 0 Å². The molecule has 3 nitrogen and oxygen atoms in total. The van der Waals surface area contributed by atoms with Gasteiger partial charge in [0, 0.05) is 0 Å². The summed E-state index contributed by atoms with van der Waals surface area (Å²) in [5, 5.41) is 0. The molecular formula is C8H16N2O. The van der Waals surface area contributed by atoms with Crippen LogP contribution in [0.5, 0.6) is 0 Å². The van der Waals surface area contributed by atoms with Crippen LogP contribution in [0.1, 0.15) is 32.6 Å². The van der Waals surface area contributed by atoms with Crippen LogP contribution in [0.2, 0.25) is 0 Å². The van der Waals surface area contributed by atoms with Gasteiger partial charge in [-0.25, -0.2) is 0 Å². The van der Waals surface area contributed by atoms with Crippen molar-refractivity contribution in [2.45, 2.75) is 38.1 Å². The third kappa shape index (κ3) is 1.38. The maximum absolute atomic E-state index is 11.0. The smallest absolute Gasteiger partial charge is 0.237 e. The quantitative estimate of drug-likeness (QED) is 0.576. The lowest BCUT2D eigenvalue weighted by Gasteiger charge is -2.36. The minimum Gasteiger partial charge on any atom is -0.368 e. The third-order valence-corrected chi connectivity index (χ3v) is 2.82. The molecule has 11 heavy (non-hydrogen) atoms. The van der Waals surface area contributed by atoms with Crippen LogP contribution < -0.4 is 11.5 Å². The van der Waals surface area contributed by atoms with E-state index < -0.39 is 5.54 Å². The summed E-state index contributed by atoms with van der Waals surface area (Å²) in [6, 6.07) is 0. The summed E-state index contributed by atoms with van der Waals surface area (Å²) < 4.78 is 0. The van der Waals surface area contributed by atoms with E-state index >= 15 is 0 Å². The van der Waals surface area contributed by atoms with Crippen LogP contribution in [0.3, 0.4) is 0 Å². The highest BCUT2D eigenvalue weighted by molar-refractivity contribution is 5.84. The van der Waals surface area contributed by atoms with Crippen LogP contribution in [-0.2, 0) is 4.79 Å². The Bertz CT molecular complexity index is 169. The Morgan fingerprint density at radius 2 is 2.18 bits per heavy atom. The first-order valence-corrected chi connectivity index (χ1v) is 4.16. The van der Waals surface area contributed by atoms with Gasteiger partial charge in [0.05, 0.1) is 5.54 Å². The molecule has 0 bridgehead atoms. The molecule has 2 atom stereocenters. The van der Waals surface area contributed by atoms with Crippen LogP contribution >= 0.6 is 0 Å². The van der Waals surface area contributed by atoms with E-state index in [1.54, 1.807) is 0 Å². The molecule has 0 unspecified atom stereocenters. The van der Waals surface area contributed by atoms with Gasteiger partial charge in [-0.15, -0.1) is 0 Å². The van der Waals surface area contributed by atoms with E-state index in [1.165, 1.54) is 6.42 Å². The molecule has 1 amide bonds. The van der Waals surface area contributed by atoms with Crippen molar-refractivity contribution in [2.24, 2.45) is 17.4 Å². The summed E-state index contributed by atoms with van der Waals surface area (Å²) in [7, 11) is 0. The highest BCUT2D eigenvalue weighted by Gasteiger charge is 2.39. The lowest BCUT2D eigenvalue weighted by Crippen LogP contribution is -2.57. The number of hydrogen-bond donors (Lipinski definition) is 2. The molecule has 3 heteroatoms. The van der Waals surface area contributed by atoms with E-state index in [0.29, 0.717) is 0 Å². The van der Waals surface area contributed by atoms with Crippen molar-refractivity contribution in [2.75, 3.05) is 0 Å². The van der Waals surface area contributed by atoms with Gasteiger partial charge in [-0.3, -0.25) is 4.79 Å². The van der Waals surface area contributed by atoms with Gasteiger partial charge in [-0.05, 0) is 18.8 Å². The minimum absolute atomic E-state index is 0.244. The van der Waals surface area contributed by atoms with Crippen molar-refractivity contribution in [1.29, 1.82) is 0 Å². The molecule has 1 aliphatic rings.